The van der Waals surface area contributed by atoms with E-state index in [0.717, 1.165) is 28.0 Å². The molecule has 1 N–H and O–H groups in total. The molecule has 1 saturated heterocycles. The molecule has 1 heterocycles. The van der Waals surface area contributed by atoms with Gasteiger partial charge in [0.2, 0.25) is 0 Å². The summed E-state index contributed by atoms with van der Waals surface area (Å²) in [6, 6.07) is 2.40. The van der Waals surface area contributed by atoms with E-state index in [-0.39, 0.29) is 19.5 Å². The maximum atomic E-state index is 15.1. The number of carbonyl (C=O) groups is 3. The fourth-order valence-corrected chi connectivity index (χ4v) is 7.95. The third-order valence-electron chi connectivity index (χ3n) is 5.01. The van der Waals surface area contributed by atoms with Gasteiger partial charge in [0.1, 0.15) is 0 Å². The number of hydrogen-bond acceptors (Lipinski definition) is 6. The number of thioether (sulfide) groups is 1. The Bertz CT molecular complexity index is 1360. The zero-order valence-corrected chi connectivity index (χ0v) is 25.8. The van der Waals surface area contributed by atoms with E-state index >= 15 is 4.39 Å². The van der Waals surface area contributed by atoms with Gasteiger partial charge in [0.15, 0.2) is 0 Å². The van der Waals surface area contributed by atoms with Gasteiger partial charge in [-0.2, -0.15) is 0 Å². The summed E-state index contributed by atoms with van der Waals surface area (Å²) in [6.07, 6.45) is 9.02. The number of amides is 4. The van der Waals surface area contributed by atoms with Gasteiger partial charge in [-0.1, -0.05) is 11.6 Å². The molecule has 2 aliphatic rings. The molecule has 14 heteroatoms. The first-order valence-corrected chi connectivity index (χ1v) is 16.5. The second-order valence-corrected chi connectivity index (χ2v) is 15.6. The molecular formula is C22H20ClFI2N3O5S2-. The van der Waals surface area contributed by atoms with Crippen molar-refractivity contribution in [2.24, 2.45) is 0 Å². The summed E-state index contributed by atoms with van der Waals surface area (Å²) in [6.45, 7) is 1.57. The number of rotatable bonds is 6. The Balaban J connectivity index is 1.81. The fourth-order valence-electron chi connectivity index (χ4n) is 3.10. The number of imide groups is 1. The minimum atomic E-state index is -4.16. The van der Waals surface area contributed by atoms with Crippen LogP contribution in [-0.4, -0.2) is 47.1 Å². The molecule has 1 unspecified atom stereocenters. The second kappa shape index (κ2) is 12.0. The number of urea groups is 1. The first-order chi connectivity index (χ1) is 16.9. The first-order valence-electron chi connectivity index (χ1n) is 10.1. The van der Waals surface area contributed by atoms with Crippen LogP contribution in [0.15, 0.2) is 59.6 Å². The Morgan fingerprint density at radius 2 is 2.06 bits per heavy atom. The van der Waals surface area contributed by atoms with Crippen molar-refractivity contribution < 1.29 is 48.4 Å². The summed E-state index contributed by atoms with van der Waals surface area (Å²) in [4.78, 5) is 39.2. The van der Waals surface area contributed by atoms with E-state index in [1.165, 1.54) is 24.3 Å². The van der Waals surface area contributed by atoms with E-state index in [0.29, 0.717) is 14.9 Å². The minimum absolute atomic E-state index is 0.0506. The van der Waals surface area contributed by atoms with Gasteiger partial charge in [-0.05, 0) is 13.0 Å². The van der Waals surface area contributed by atoms with Crippen molar-refractivity contribution in [1.82, 2.24) is 4.31 Å². The number of sulfonamides is 1. The molecule has 0 bridgehead atoms. The number of nitrogens with one attached hydrogen (secondary N) is 1. The third kappa shape index (κ3) is 6.34. The molecule has 1 aromatic rings. The van der Waals surface area contributed by atoms with Crippen LogP contribution in [0.2, 0.25) is 0 Å². The van der Waals surface area contributed by atoms with E-state index in [2.05, 4.69) is 5.32 Å². The van der Waals surface area contributed by atoms with Crippen LogP contribution in [0, 0.1) is 5.82 Å². The van der Waals surface area contributed by atoms with Gasteiger partial charge < -0.3 is 0 Å². The van der Waals surface area contributed by atoms with E-state index < -0.39 is 52.9 Å². The molecule has 194 valence electrons. The quantitative estimate of drug-likeness (QED) is 0.206. The average Bonchev–Trinajstić information content (AvgIpc) is 2.82. The third-order valence-corrected chi connectivity index (χ3v) is 12.2. The SMILES string of the molecule is CSC1C=C2C(=O)N(c3ccc(NC(=O)N(C)S(=O)(=O)/C(I)=C/C=C(\C)Cl)cc3F)C(=O)[I-]C2=CC1. The van der Waals surface area contributed by atoms with E-state index in [1.54, 1.807) is 41.3 Å². The molecule has 1 atom stereocenters. The predicted molar refractivity (Wildman–Crippen MR) is 145 cm³/mol. The molecule has 1 fully saturated rings. The van der Waals surface area contributed by atoms with E-state index in [4.69, 9.17) is 11.6 Å². The molecule has 36 heavy (non-hydrogen) atoms. The average molecular weight is 779 g/mol. The van der Waals surface area contributed by atoms with Gasteiger partial charge in [-0.3, -0.25) is 0 Å². The van der Waals surface area contributed by atoms with Crippen LogP contribution < -0.4 is 31.4 Å². The zero-order valence-electron chi connectivity index (χ0n) is 19.1. The molecule has 8 nitrogen and oxygen atoms in total. The molecule has 0 radical (unpaired) electrons. The number of anilines is 2. The number of carbonyl (C=O) groups excluding carboxylic acids is 3. The van der Waals surface area contributed by atoms with Crippen molar-refractivity contribution in [1.29, 1.82) is 0 Å². The number of allylic oxidation sites excluding steroid dienone is 4. The molecule has 3 rings (SSSR count). The molecule has 0 aromatic heterocycles. The van der Waals surface area contributed by atoms with Crippen molar-refractivity contribution in [2.45, 2.75) is 18.6 Å². The number of nitrogens with zero attached hydrogens (tertiary/aromatic N) is 2. The van der Waals surface area contributed by atoms with Gasteiger partial charge in [0.05, 0.1) is 0 Å². The molecule has 0 saturated carbocycles. The van der Waals surface area contributed by atoms with Crippen LogP contribution in [0.25, 0.3) is 0 Å². The summed E-state index contributed by atoms with van der Waals surface area (Å²) < 4.78 is 40.8. The number of fused-ring (bicyclic) bond motifs is 1. The normalized spacial score (nSPS) is 19.2. The van der Waals surface area contributed by atoms with Gasteiger partial charge in [-0.15, -0.1) is 0 Å². The van der Waals surface area contributed by atoms with Crippen LogP contribution in [0.3, 0.4) is 0 Å². The Morgan fingerprint density at radius 3 is 2.67 bits per heavy atom. The fraction of sp³-hybridized carbons (Fsp3) is 0.227. The molecule has 0 spiro atoms. The number of halogens is 4. The van der Waals surface area contributed by atoms with Gasteiger partial charge in [-0.25, -0.2) is 0 Å². The van der Waals surface area contributed by atoms with Crippen LogP contribution in [-0.2, 0) is 14.8 Å². The molecule has 1 aliphatic carbocycles. The molecule has 1 aromatic carbocycles. The summed E-state index contributed by atoms with van der Waals surface area (Å²) in [7, 11) is -3.10. The number of benzene rings is 1. The zero-order chi connectivity index (χ0) is 26.8. The van der Waals surface area contributed by atoms with Crippen molar-refractivity contribution in [2.75, 3.05) is 23.5 Å². The predicted octanol–water partition coefficient (Wildman–Crippen LogP) is 2.54. The molecule has 1 aliphatic heterocycles. The first kappa shape index (κ1) is 29.1. The summed E-state index contributed by atoms with van der Waals surface area (Å²) in [5.41, 5.74) is 0.152. The van der Waals surface area contributed by atoms with Crippen molar-refractivity contribution in [3.63, 3.8) is 0 Å². The van der Waals surface area contributed by atoms with Gasteiger partial charge >= 0.3 is 214 Å². The van der Waals surface area contributed by atoms with Crippen LogP contribution in [0.1, 0.15) is 13.3 Å². The Hall–Kier alpha value is -1.43. The monoisotopic (exact) mass is 778 g/mol. The summed E-state index contributed by atoms with van der Waals surface area (Å²) in [5, 5.41) is 2.77. The standard InChI is InChI=1S/C22H20ClFI2N3O5S2/c1-12(23)4-9-19(25)36(33,34)28(2)22(32)27-13-5-8-18(16(24)10-13)29-20(30)15-11-14(35-3)6-7-17(15)26-21(29)31/h4-5,7-11,14H,6H2,1-3H3,(H,27,32)/q-1/b12-4+,19-9+. The summed E-state index contributed by atoms with van der Waals surface area (Å²) >= 11 is 7.68. The Labute approximate surface area is 241 Å². The van der Waals surface area contributed by atoms with Crippen molar-refractivity contribution in [3.05, 3.63) is 65.4 Å². The Kier molecular flexibility index (Phi) is 9.68. The van der Waals surface area contributed by atoms with Crippen LogP contribution >= 0.6 is 46.0 Å². The van der Waals surface area contributed by atoms with E-state index in [1.807, 2.05) is 18.4 Å². The van der Waals surface area contributed by atoms with Crippen molar-refractivity contribution in [3.8, 4) is 0 Å². The topological polar surface area (TPSA) is 104 Å². The van der Waals surface area contributed by atoms with E-state index in [9.17, 15) is 22.8 Å². The van der Waals surface area contributed by atoms with Crippen LogP contribution in [0.5, 0.6) is 0 Å². The second-order valence-electron chi connectivity index (χ2n) is 7.42. The van der Waals surface area contributed by atoms with Gasteiger partial charge in [0.25, 0.3) is 0 Å². The Morgan fingerprint density at radius 1 is 1.36 bits per heavy atom. The number of hydrogen-bond donors (Lipinski definition) is 1. The van der Waals surface area contributed by atoms with Gasteiger partial charge in [0, 0.05) is 5.03 Å². The van der Waals surface area contributed by atoms with Crippen LogP contribution in [0.4, 0.5) is 25.4 Å². The maximum absolute atomic E-state index is 15.1. The molecule has 4 amide bonds. The summed E-state index contributed by atoms with van der Waals surface area (Å²) in [5.74, 6) is -1.49. The van der Waals surface area contributed by atoms with Crippen molar-refractivity contribution >= 4 is 83.2 Å². The molecular weight excluding hydrogens is 759 g/mol.